The third-order valence-electron chi connectivity index (χ3n) is 5.94. The van der Waals surface area contributed by atoms with Crippen molar-refractivity contribution in [2.75, 3.05) is 19.8 Å². The van der Waals surface area contributed by atoms with Crippen molar-refractivity contribution < 1.29 is 23.4 Å². The van der Waals surface area contributed by atoms with E-state index in [2.05, 4.69) is 31.2 Å². The van der Waals surface area contributed by atoms with Crippen molar-refractivity contribution in [2.45, 2.75) is 40.0 Å². The van der Waals surface area contributed by atoms with Crippen molar-refractivity contribution in [3.05, 3.63) is 89.8 Å². The molecule has 0 spiro atoms. The molecule has 6 nitrogen and oxygen atoms in total. The molecule has 0 N–H and O–H groups in total. The second-order valence-electron chi connectivity index (χ2n) is 8.68. The quantitative estimate of drug-likeness (QED) is 0.199. The zero-order valence-electron chi connectivity index (χ0n) is 21.7. The molecule has 0 bridgehead atoms. The van der Waals surface area contributed by atoms with Crippen LogP contribution in [-0.4, -0.2) is 30.8 Å². The molecule has 0 aliphatic rings. The summed E-state index contributed by atoms with van der Waals surface area (Å²) in [5, 5.41) is 0. The summed E-state index contributed by atoms with van der Waals surface area (Å²) >= 11 is 0. The highest BCUT2D eigenvalue weighted by molar-refractivity contribution is 5.71. The van der Waals surface area contributed by atoms with Crippen LogP contribution in [0.15, 0.2) is 77.2 Å². The fraction of sp³-hybridized carbons (Fsp3) is 0.290. The molecular formula is C31H33NO5. The molecule has 37 heavy (non-hydrogen) atoms. The maximum Gasteiger partial charge on any atom is 0.344 e. The Bertz CT molecular complexity index is 1300. The Morgan fingerprint density at radius 1 is 0.865 bits per heavy atom. The minimum Gasteiger partial charge on any atom is -0.493 e. The van der Waals surface area contributed by atoms with Crippen LogP contribution in [0, 0.1) is 6.92 Å². The topological polar surface area (TPSA) is 70.8 Å². The monoisotopic (exact) mass is 499 g/mol. The van der Waals surface area contributed by atoms with Gasteiger partial charge in [0.1, 0.15) is 17.3 Å². The molecule has 192 valence electrons. The molecule has 0 aliphatic heterocycles. The predicted molar refractivity (Wildman–Crippen MR) is 144 cm³/mol. The first-order valence-corrected chi connectivity index (χ1v) is 12.7. The van der Waals surface area contributed by atoms with Gasteiger partial charge in [-0.1, -0.05) is 55.8 Å². The number of ether oxygens (including phenoxy) is 3. The summed E-state index contributed by atoms with van der Waals surface area (Å²) in [5.41, 5.74) is 5.16. The maximum atomic E-state index is 11.6. The Kier molecular flexibility index (Phi) is 8.98. The standard InChI is InChI=1S/C31H33NO5/c1-4-9-26-20-27(16-17-29(26)36-21-30(33)34-5-2)35-19-18-28-22(3)37-31(32-28)25-14-12-24(13-15-25)23-10-7-6-8-11-23/h6-8,10-17,20H,4-5,9,18-19,21H2,1-3H3. The lowest BCUT2D eigenvalue weighted by Gasteiger charge is -2.13. The van der Waals surface area contributed by atoms with Gasteiger partial charge in [0.25, 0.3) is 0 Å². The number of benzene rings is 3. The van der Waals surface area contributed by atoms with E-state index in [1.54, 1.807) is 6.92 Å². The van der Waals surface area contributed by atoms with Crippen LogP contribution in [0.1, 0.15) is 37.3 Å². The zero-order chi connectivity index (χ0) is 26.0. The highest BCUT2D eigenvalue weighted by atomic mass is 16.6. The first-order chi connectivity index (χ1) is 18.1. The molecule has 0 atom stereocenters. The van der Waals surface area contributed by atoms with E-state index >= 15 is 0 Å². The van der Waals surface area contributed by atoms with Gasteiger partial charge in [-0.05, 0) is 67.3 Å². The van der Waals surface area contributed by atoms with Crippen LogP contribution in [0.5, 0.6) is 11.5 Å². The van der Waals surface area contributed by atoms with Gasteiger partial charge in [0.15, 0.2) is 6.61 Å². The van der Waals surface area contributed by atoms with Crippen molar-refractivity contribution in [2.24, 2.45) is 0 Å². The minimum absolute atomic E-state index is 0.104. The Balaban J connectivity index is 1.36. The first-order valence-electron chi connectivity index (χ1n) is 12.7. The largest absolute Gasteiger partial charge is 0.493 e. The summed E-state index contributed by atoms with van der Waals surface area (Å²) in [4.78, 5) is 16.4. The van der Waals surface area contributed by atoms with Gasteiger partial charge < -0.3 is 18.6 Å². The summed E-state index contributed by atoms with van der Waals surface area (Å²) in [6, 6.07) is 24.2. The third kappa shape index (κ3) is 7.00. The number of nitrogens with zero attached hydrogens (tertiary/aromatic N) is 1. The number of carbonyl (C=O) groups excluding carboxylic acids is 1. The second-order valence-corrected chi connectivity index (χ2v) is 8.68. The lowest BCUT2D eigenvalue weighted by Crippen LogP contribution is -2.15. The number of rotatable bonds is 12. The number of esters is 1. The van der Waals surface area contributed by atoms with Gasteiger partial charge in [-0.3, -0.25) is 0 Å². The summed E-state index contributed by atoms with van der Waals surface area (Å²) < 4.78 is 22.6. The van der Waals surface area contributed by atoms with Crippen LogP contribution in [0.3, 0.4) is 0 Å². The number of carbonyl (C=O) groups is 1. The van der Waals surface area contributed by atoms with Crippen molar-refractivity contribution in [1.29, 1.82) is 0 Å². The average molecular weight is 500 g/mol. The number of oxazole rings is 1. The average Bonchev–Trinajstić information content (AvgIpc) is 3.29. The van der Waals surface area contributed by atoms with Gasteiger partial charge in [-0.25, -0.2) is 9.78 Å². The molecule has 0 unspecified atom stereocenters. The molecule has 4 rings (SSSR count). The fourth-order valence-corrected chi connectivity index (χ4v) is 4.08. The molecule has 0 saturated carbocycles. The number of hydrogen-bond acceptors (Lipinski definition) is 6. The third-order valence-corrected chi connectivity index (χ3v) is 5.94. The van der Waals surface area contributed by atoms with Crippen LogP contribution in [0.4, 0.5) is 0 Å². The van der Waals surface area contributed by atoms with Crippen LogP contribution >= 0.6 is 0 Å². The first kappa shape index (κ1) is 26.0. The van der Waals surface area contributed by atoms with Crippen molar-refractivity contribution in [3.63, 3.8) is 0 Å². The lowest BCUT2D eigenvalue weighted by atomic mass is 10.0. The van der Waals surface area contributed by atoms with Gasteiger partial charge in [-0.15, -0.1) is 0 Å². The van der Waals surface area contributed by atoms with Crippen LogP contribution in [-0.2, 0) is 22.4 Å². The SMILES string of the molecule is CCCc1cc(OCCc2nc(-c3ccc(-c4ccccc4)cc3)oc2C)ccc1OCC(=O)OCC. The fourth-order valence-electron chi connectivity index (χ4n) is 4.08. The number of hydrogen-bond donors (Lipinski definition) is 0. The van der Waals surface area contributed by atoms with E-state index in [1.165, 1.54) is 5.56 Å². The van der Waals surface area contributed by atoms with E-state index in [9.17, 15) is 4.79 Å². The van der Waals surface area contributed by atoms with Crippen molar-refractivity contribution in [1.82, 2.24) is 4.98 Å². The van der Waals surface area contributed by atoms with Crippen LogP contribution in [0.2, 0.25) is 0 Å². The van der Waals surface area contributed by atoms with E-state index in [1.807, 2.05) is 55.5 Å². The smallest absolute Gasteiger partial charge is 0.344 e. The van der Waals surface area contributed by atoms with Gasteiger partial charge in [0, 0.05) is 12.0 Å². The Morgan fingerprint density at radius 2 is 1.59 bits per heavy atom. The van der Waals surface area contributed by atoms with Crippen LogP contribution in [0.25, 0.3) is 22.6 Å². The molecule has 3 aromatic carbocycles. The molecule has 4 aromatic rings. The van der Waals surface area contributed by atoms with E-state index in [0.29, 0.717) is 31.3 Å². The summed E-state index contributed by atoms with van der Waals surface area (Å²) in [6.45, 7) is 6.50. The molecule has 0 radical (unpaired) electrons. The maximum absolute atomic E-state index is 11.6. The van der Waals surface area contributed by atoms with Gasteiger partial charge in [0.2, 0.25) is 5.89 Å². The number of aryl methyl sites for hydroxylation is 2. The molecule has 1 aromatic heterocycles. The number of aromatic nitrogens is 1. The Morgan fingerprint density at radius 3 is 2.32 bits per heavy atom. The molecular weight excluding hydrogens is 466 g/mol. The van der Waals surface area contributed by atoms with Crippen molar-refractivity contribution >= 4 is 5.97 Å². The summed E-state index contributed by atoms with van der Waals surface area (Å²) in [6.07, 6.45) is 2.40. The summed E-state index contributed by atoms with van der Waals surface area (Å²) in [7, 11) is 0. The predicted octanol–water partition coefficient (Wildman–Crippen LogP) is 6.83. The van der Waals surface area contributed by atoms with Gasteiger partial charge >= 0.3 is 5.97 Å². The Hall–Kier alpha value is -4.06. The van der Waals surface area contributed by atoms with E-state index in [-0.39, 0.29) is 12.6 Å². The van der Waals surface area contributed by atoms with Crippen LogP contribution < -0.4 is 9.47 Å². The highest BCUT2D eigenvalue weighted by Crippen LogP contribution is 2.28. The minimum atomic E-state index is -0.375. The summed E-state index contributed by atoms with van der Waals surface area (Å²) in [5.74, 6) is 2.46. The normalized spacial score (nSPS) is 10.8. The highest BCUT2D eigenvalue weighted by Gasteiger charge is 2.13. The van der Waals surface area contributed by atoms with Crippen molar-refractivity contribution in [3.8, 4) is 34.1 Å². The molecule has 0 saturated heterocycles. The Labute approximate surface area is 218 Å². The second kappa shape index (κ2) is 12.8. The molecule has 6 heteroatoms. The van der Waals surface area contributed by atoms with E-state index < -0.39 is 0 Å². The van der Waals surface area contributed by atoms with E-state index in [0.717, 1.165) is 46.7 Å². The zero-order valence-corrected chi connectivity index (χ0v) is 21.7. The molecule has 0 aliphatic carbocycles. The lowest BCUT2D eigenvalue weighted by molar-refractivity contribution is -0.145. The molecule has 0 fully saturated rings. The van der Waals surface area contributed by atoms with Gasteiger partial charge in [-0.2, -0.15) is 0 Å². The van der Waals surface area contributed by atoms with E-state index in [4.69, 9.17) is 23.6 Å². The van der Waals surface area contributed by atoms with Gasteiger partial charge in [0.05, 0.1) is 18.9 Å². The molecule has 1 heterocycles. The molecule has 0 amide bonds.